The van der Waals surface area contributed by atoms with Gasteiger partial charge < -0.3 is 14.5 Å². The first-order valence-electron chi connectivity index (χ1n) is 9.02. The van der Waals surface area contributed by atoms with Gasteiger partial charge in [0.25, 0.3) is 0 Å². The van der Waals surface area contributed by atoms with Crippen LogP contribution in [0.5, 0.6) is 0 Å². The molecule has 2 saturated heterocycles. The van der Waals surface area contributed by atoms with Crippen LogP contribution >= 0.6 is 11.3 Å². The normalized spacial score (nSPS) is 19.0. The summed E-state index contributed by atoms with van der Waals surface area (Å²) in [5, 5.41) is 1.14. The van der Waals surface area contributed by atoms with E-state index in [9.17, 15) is 0 Å². The summed E-state index contributed by atoms with van der Waals surface area (Å²) < 4.78 is 6.62. The van der Waals surface area contributed by atoms with Crippen molar-refractivity contribution in [2.75, 3.05) is 49.2 Å². The maximum absolute atomic E-state index is 5.45. The molecule has 5 heterocycles. The maximum atomic E-state index is 5.45. The predicted octanol–water partition coefficient (Wildman–Crippen LogP) is 3.07. The molecule has 0 saturated carbocycles. The minimum atomic E-state index is 0.775. The number of fused-ring (bicyclic) bond motifs is 3. The summed E-state index contributed by atoms with van der Waals surface area (Å²) in [6.45, 7) is 5.54. The highest BCUT2D eigenvalue weighted by molar-refractivity contribution is 7.25. The van der Waals surface area contributed by atoms with Gasteiger partial charge in [0.1, 0.15) is 22.8 Å². The molecule has 5 rings (SSSR count). The van der Waals surface area contributed by atoms with E-state index in [0.29, 0.717) is 0 Å². The minimum absolute atomic E-state index is 0.775. The van der Waals surface area contributed by atoms with Crippen LogP contribution in [0.25, 0.3) is 20.4 Å². The summed E-state index contributed by atoms with van der Waals surface area (Å²) in [6.07, 6.45) is 5.52. The molecular formula is C18H21N5OS. The maximum Gasteiger partial charge on any atom is 0.150 e. The topological polar surface area (TPSA) is 54.4 Å². The lowest BCUT2D eigenvalue weighted by Crippen LogP contribution is -2.36. The van der Waals surface area contributed by atoms with Crippen molar-refractivity contribution in [3.8, 4) is 0 Å². The molecule has 0 bridgehead atoms. The van der Waals surface area contributed by atoms with Crippen LogP contribution in [-0.2, 0) is 4.74 Å². The van der Waals surface area contributed by atoms with Crippen molar-refractivity contribution in [3.63, 3.8) is 0 Å². The number of hydrogen-bond acceptors (Lipinski definition) is 7. The van der Waals surface area contributed by atoms with Crippen molar-refractivity contribution < 1.29 is 4.74 Å². The zero-order valence-electron chi connectivity index (χ0n) is 14.1. The molecule has 3 aromatic rings. The van der Waals surface area contributed by atoms with Crippen LogP contribution in [0.3, 0.4) is 0 Å². The first-order valence-corrected chi connectivity index (χ1v) is 9.84. The highest BCUT2D eigenvalue weighted by Crippen LogP contribution is 2.37. The van der Waals surface area contributed by atoms with Crippen LogP contribution < -0.4 is 9.80 Å². The van der Waals surface area contributed by atoms with Gasteiger partial charge in [-0.15, -0.1) is 11.3 Å². The van der Waals surface area contributed by atoms with Crippen molar-refractivity contribution in [2.24, 2.45) is 0 Å². The molecule has 7 heteroatoms. The molecule has 2 aliphatic rings. The zero-order chi connectivity index (χ0) is 16.6. The second kappa shape index (κ2) is 6.38. The van der Waals surface area contributed by atoms with Gasteiger partial charge in [-0.25, -0.2) is 15.0 Å². The molecular weight excluding hydrogens is 334 g/mol. The second-order valence-electron chi connectivity index (χ2n) is 6.65. The third-order valence-corrected chi connectivity index (χ3v) is 6.16. The van der Waals surface area contributed by atoms with Crippen LogP contribution in [0.15, 0.2) is 18.5 Å². The smallest absolute Gasteiger partial charge is 0.150 e. The van der Waals surface area contributed by atoms with Crippen LogP contribution in [-0.4, -0.2) is 54.3 Å². The van der Waals surface area contributed by atoms with Crippen LogP contribution in [0, 0.1) is 0 Å². The lowest BCUT2D eigenvalue weighted by atomic mass is 10.1. The Labute approximate surface area is 150 Å². The summed E-state index contributed by atoms with van der Waals surface area (Å²) in [7, 11) is 0. The fraction of sp³-hybridized carbons (Fsp3) is 0.500. The van der Waals surface area contributed by atoms with Gasteiger partial charge in [-0.3, -0.25) is 0 Å². The van der Waals surface area contributed by atoms with E-state index in [1.54, 1.807) is 17.7 Å². The van der Waals surface area contributed by atoms with Crippen molar-refractivity contribution in [3.05, 3.63) is 18.5 Å². The molecule has 0 aliphatic carbocycles. The summed E-state index contributed by atoms with van der Waals surface area (Å²) in [4.78, 5) is 19.9. The average molecular weight is 355 g/mol. The number of hydrogen-bond donors (Lipinski definition) is 0. The molecule has 6 nitrogen and oxygen atoms in total. The molecule has 0 atom stereocenters. The Balaban J connectivity index is 1.59. The summed E-state index contributed by atoms with van der Waals surface area (Å²) >= 11 is 1.72. The van der Waals surface area contributed by atoms with Gasteiger partial charge in [0.15, 0.2) is 0 Å². The highest BCUT2D eigenvalue weighted by Gasteiger charge is 2.20. The van der Waals surface area contributed by atoms with Crippen molar-refractivity contribution >= 4 is 43.4 Å². The molecule has 0 N–H and O–H groups in total. The van der Waals surface area contributed by atoms with Gasteiger partial charge in [-0.1, -0.05) is 0 Å². The molecule has 2 aliphatic heterocycles. The fourth-order valence-electron chi connectivity index (χ4n) is 3.74. The van der Waals surface area contributed by atoms with E-state index in [-0.39, 0.29) is 0 Å². The third-order valence-electron chi connectivity index (χ3n) is 5.08. The number of morpholine rings is 1. The Hall–Kier alpha value is -1.99. The monoisotopic (exact) mass is 355 g/mol. The second-order valence-corrected chi connectivity index (χ2v) is 7.65. The van der Waals surface area contributed by atoms with E-state index in [0.717, 1.165) is 66.8 Å². The van der Waals surface area contributed by atoms with Crippen LogP contribution in [0.2, 0.25) is 0 Å². The lowest BCUT2D eigenvalue weighted by molar-refractivity contribution is 0.122. The Morgan fingerprint density at radius 1 is 0.920 bits per heavy atom. The number of nitrogens with zero attached hydrogens (tertiary/aromatic N) is 5. The number of ether oxygens (including phenoxy) is 1. The Morgan fingerprint density at radius 2 is 1.76 bits per heavy atom. The summed E-state index contributed by atoms with van der Waals surface area (Å²) in [5.74, 6) is 2.12. The SMILES string of the molecule is c1nc(N2CCCCC2)c2sc3nc(N4CCOCC4)ccc3c2n1. The number of aromatic nitrogens is 3. The summed E-state index contributed by atoms with van der Waals surface area (Å²) in [5.41, 5.74) is 1.04. The number of piperidine rings is 1. The molecule has 0 radical (unpaired) electrons. The molecule has 0 aromatic carbocycles. The first kappa shape index (κ1) is 15.3. The highest BCUT2D eigenvalue weighted by atomic mass is 32.1. The van der Waals surface area contributed by atoms with Crippen molar-refractivity contribution in [1.82, 2.24) is 15.0 Å². The number of rotatable bonds is 2. The Kier molecular flexibility index (Phi) is 3.90. The number of pyridine rings is 1. The van der Waals surface area contributed by atoms with E-state index < -0.39 is 0 Å². The average Bonchev–Trinajstić information content (AvgIpc) is 3.07. The van der Waals surface area contributed by atoms with Gasteiger partial charge >= 0.3 is 0 Å². The van der Waals surface area contributed by atoms with Crippen molar-refractivity contribution in [1.29, 1.82) is 0 Å². The Bertz CT molecular complexity index is 899. The quantitative estimate of drug-likeness (QED) is 0.704. The first-order chi connectivity index (χ1) is 12.4. The molecule has 25 heavy (non-hydrogen) atoms. The van der Waals surface area contributed by atoms with E-state index in [1.165, 1.54) is 24.0 Å². The largest absolute Gasteiger partial charge is 0.378 e. The van der Waals surface area contributed by atoms with Gasteiger partial charge in [0, 0.05) is 31.6 Å². The predicted molar refractivity (Wildman–Crippen MR) is 102 cm³/mol. The van der Waals surface area contributed by atoms with Crippen molar-refractivity contribution in [2.45, 2.75) is 19.3 Å². The lowest BCUT2D eigenvalue weighted by Gasteiger charge is -2.27. The van der Waals surface area contributed by atoms with Crippen LogP contribution in [0.1, 0.15) is 19.3 Å². The van der Waals surface area contributed by atoms with E-state index in [2.05, 4.69) is 31.9 Å². The molecule has 3 aromatic heterocycles. The van der Waals surface area contributed by atoms with E-state index >= 15 is 0 Å². The molecule has 0 spiro atoms. The summed E-state index contributed by atoms with van der Waals surface area (Å²) in [6, 6.07) is 4.28. The van der Waals surface area contributed by atoms with Gasteiger partial charge in [0.05, 0.1) is 23.4 Å². The fourth-order valence-corrected chi connectivity index (χ4v) is 4.87. The number of anilines is 2. The zero-order valence-corrected chi connectivity index (χ0v) is 15.0. The van der Waals surface area contributed by atoms with Gasteiger partial charge in [0.2, 0.25) is 0 Å². The molecule has 0 amide bonds. The minimum Gasteiger partial charge on any atom is -0.378 e. The molecule has 0 unspecified atom stereocenters. The van der Waals surface area contributed by atoms with Crippen LogP contribution in [0.4, 0.5) is 11.6 Å². The van der Waals surface area contributed by atoms with E-state index in [4.69, 9.17) is 9.72 Å². The standard InChI is InChI=1S/C18H21N5OS/c1-2-6-23(7-3-1)17-16-15(19-12-20-17)13-4-5-14(21-18(13)25-16)22-8-10-24-11-9-22/h4-5,12H,1-3,6-11H2. The Morgan fingerprint density at radius 3 is 2.60 bits per heavy atom. The number of thiophene rings is 1. The molecule has 2 fully saturated rings. The van der Waals surface area contributed by atoms with Gasteiger partial charge in [-0.05, 0) is 31.4 Å². The van der Waals surface area contributed by atoms with Gasteiger partial charge in [-0.2, -0.15) is 0 Å². The van der Waals surface area contributed by atoms with E-state index in [1.807, 2.05) is 0 Å². The molecule has 130 valence electrons. The third kappa shape index (κ3) is 2.71.